The Hall–Kier alpha value is -2.05. The van der Waals surface area contributed by atoms with Crippen molar-refractivity contribution in [1.82, 2.24) is 10.2 Å². The zero-order valence-electron chi connectivity index (χ0n) is 14.3. The van der Waals surface area contributed by atoms with Crippen LogP contribution in [0.2, 0.25) is 0 Å². The number of ether oxygens (including phenoxy) is 2. The number of hydrogen-bond acceptors (Lipinski definition) is 5. The summed E-state index contributed by atoms with van der Waals surface area (Å²) in [6, 6.07) is 11.7. The Morgan fingerprint density at radius 3 is 2.58 bits per heavy atom. The molecule has 6 heteroatoms. The third-order valence-electron chi connectivity index (χ3n) is 3.64. The van der Waals surface area contributed by atoms with E-state index in [0.717, 1.165) is 0 Å². The largest absolute Gasteiger partial charge is 0.493 e. The summed E-state index contributed by atoms with van der Waals surface area (Å²) in [6.45, 7) is 0.902. The van der Waals surface area contributed by atoms with E-state index in [-0.39, 0.29) is 11.9 Å². The van der Waals surface area contributed by atoms with Gasteiger partial charge in [0.15, 0.2) is 11.5 Å². The Bertz CT molecular complexity index is 629. The Kier molecular flexibility index (Phi) is 7.08. The highest BCUT2D eigenvalue weighted by atomic mass is 32.1. The highest BCUT2D eigenvalue weighted by molar-refractivity contribution is 7.10. The van der Waals surface area contributed by atoms with E-state index in [2.05, 4.69) is 21.7 Å². The number of nitrogens with one attached hydrogen (secondary N) is 1. The molecule has 1 N–H and O–H groups in total. The van der Waals surface area contributed by atoms with Gasteiger partial charge in [-0.3, -0.25) is 4.79 Å². The summed E-state index contributed by atoms with van der Waals surface area (Å²) in [7, 11) is 5.63. The van der Waals surface area contributed by atoms with Crippen molar-refractivity contribution < 1.29 is 14.3 Å². The molecular formula is C18H24N2O3S. The lowest BCUT2D eigenvalue weighted by atomic mass is 10.2. The normalized spacial score (nSPS) is 12.0. The van der Waals surface area contributed by atoms with Crippen LogP contribution in [-0.2, 0) is 4.79 Å². The molecule has 0 radical (unpaired) electrons. The first-order valence-electron chi connectivity index (χ1n) is 7.84. The highest BCUT2D eigenvalue weighted by Gasteiger charge is 2.16. The zero-order valence-corrected chi connectivity index (χ0v) is 15.1. The van der Waals surface area contributed by atoms with Crippen molar-refractivity contribution in [2.45, 2.75) is 12.5 Å². The fraction of sp³-hybridized carbons (Fsp3) is 0.389. The minimum absolute atomic E-state index is 0.0201. The summed E-state index contributed by atoms with van der Waals surface area (Å²) < 4.78 is 10.9. The van der Waals surface area contributed by atoms with Gasteiger partial charge in [-0.25, -0.2) is 0 Å². The van der Waals surface area contributed by atoms with Crippen LogP contribution in [0.3, 0.4) is 0 Å². The van der Waals surface area contributed by atoms with Crippen LogP contribution in [-0.4, -0.2) is 45.2 Å². The molecule has 130 valence electrons. The van der Waals surface area contributed by atoms with E-state index in [0.29, 0.717) is 31.1 Å². The van der Waals surface area contributed by atoms with Gasteiger partial charge < -0.3 is 19.7 Å². The molecule has 1 aromatic carbocycles. The molecule has 0 saturated heterocycles. The second kappa shape index (κ2) is 9.30. The summed E-state index contributed by atoms with van der Waals surface area (Å²) in [6.07, 6.45) is 0.308. The van der Waals surface area contributed by atoms with E-state index < -0.39 is 0 Å². The second-order valence-corrected chi connectivity index (χ2v) is 6.53. The molecule has 0 fully saturated rings. The van der Waals surface area contributed by atoms with E-state index in [9.17, 15) is 4.79 Å². The van der Waals surface area contributed by atoms with E-state index in [1.807, 2.05) is 44.4 Å². The maximum absolute atomic E-state index is 12.0. The predicted octanol–water partition coefficient (Wildman–Crippen LogP) is 2.94. The highest BCUT2D eigenvalue weighted by Crippen LogP contribution is 2.26. The average molecular weight is 348 g/mol. The van der Waals surface area contributed by atoms with E-state index in [1.165, 1.54) is 4.88 Å². The van der Waals surface area contributed by atoms with Crippen LogP contribution in [0.5, 0.6) is 11.5 Å². The molecule has 0 spiro atoms. The van der Waals surface area contributed by atoms with Gasteiger partial charge in [0.25, 0.3) is 0 Å². The summed E-state index contributed by atoms with van der Waals surface area (Å²) in [5, 5.41) is 5.03. The number of benzene rings is 1. The number of carbonyl (C=O) groups is 1. The predicted molar refractivity (Wildman–Crippen MR) is 96.9 cm³/mol. The van der Waals surface area contributed by atoms with Crippen molar-refractivity contribution in [1.29, 1.82) is 0 Å². The quantitative estimate of drug-likeness (QED) is 0.757. The topological polar surface area (TPSA) is 50.8 Å². The number of likely N-dealkylation sites (N-methyl/N-ethyl adjacent to an activating group) is 1. The standard InChI is InChI=1S/C18H24N2O3S/c1-20(2)14(17-9-6-12-24-17)13-19-18(21)10-11-23-16-8-5-4-7-15(16)22-3/h4-9,12,14H,10-11,13H2,1-3H3,(H,19,21). The molecule has 2 rings (SSSR count). The summed E-state index contributed by atoms with van der Waals surface area (Å²) in [5.74, 6) is 1.30. The molecule has 1 amide bonds. The first-order valence-corrected chi connectivity index (χ1v) is 8.72. The number of para-hydroxylation sites is 2. The first-order chi connectivity index (χ1) is 11.6. The molecule has 1 unspecified atom stereocenters. The van der Waals surface area contributed by atoms with Crippen LogP contribution < -0.4 is 14.8 Å². The number of amides is 1. The average Bonchev–Trinajstić information content (AvgIpc) is 3.09. The van der Waals surface area contributed by atoms with Crippen LogP contribution in [0, 0.1) is 0 Å². The van der Waals surface area contributed by atoms with Crippen LogP contribution >= 0.6 is 11.3 Å². The van der Waals surface area contributed by atoms with Gasteiger partial charge in [0.2, 0.25) is 5.91 Å². The van der Waals surface area contributed by atoms with Gasteiger partial charge in [0.05, 0.1) is 26.2 Å². The third-order valence-corrected chi connectivity index (χ3v) is 4.62. The van der Waals surface area contributed by atoms with Crippen LogP contribution in [0.4, 0.5) is 0 Å². The Labute approximate surface area is 147 Å². The molecular weight excluding hydrogens is 324 g/mol. The van der Waals surface area contributed by atoms with E-state index >= 15 is 0 Å². The maximum Gasteiger partial charge on any atom is 0.223 e. The first kappa shape index (κ1) is 18.3. The van der Waals surface area contributed by atoms with Gasteiger partial charge in [-0.2, -0.15) is 0 Å². The third kappa shape index (κ3) is 5.25. The number of rotatable bonds is 9. The number of nitrogens with zero attached hydrogens (tertiary/aromatic N) is 1. The van der Waals surface area contributed by atoms with Crippen molar-refractivity contribution in [2.75, 3.05) is 34.4 Å². The van der Waals surface area contributed by atoms with Crippen LogP contribution in [0.1, 0.15) is 17.3 Å². The Balaban J connectivity index is 1.77. The number of thiophene rings is 1. The minimum atomic E-state index is -0.0201. The second-order valence-electron chi connectivity index (χ2n) is 5.55. The smallest absolute Gasteiger partial charge is 0.223 e. The fourth-order valence-corrected chi connectivity index (χ4v) is 3.23. The van der Waals surface area contributed by atoms with Gasteiger partial charge >= 0.3 is 0 Å². The number of carbonyl (C=O) groups excluding carboxylic acids is 1. The van der Waals surface area contributed by atoms with Crippen molar-refractivity contribution in [3.8, 4) is 11.5 Å². The molecule has 0 aliphatic heterocycles. The monoisotopic (exact) mass is 348 g/mol. The number of hydrogen-bond donors (Lipinski definition) is 1. The molecule has 1 aromatic heterocycles. The van der Waals surface area contributed by atoms with Crippen molar-refractivity contribution in [3.05, 3.63) is 46.7 Å². The van der Waals surface area contributed by atoms with Crippen LogP contribution in [0.25, 0.3) is 0 Å². The van der Waals surface area contributed by atoms with E-state index in [4.69, 9.17) is 9.47 Å². The SMILES string of the molecule is COc1ccccc1OCCC(=O)NCC(c1cccs1)N(C)C. The maximum atomic E-state index is 12.0. The van der Waals surface area contributed by atoms with Gasteiger partial charge in [-0.15, -0.1) is 11.3 Å². The van der Waals surface area contributed by atoms with Gasteiger partial charge in [-0.1, -0.05) is 18.2 Å². The van der Waals surface area contributed by atoms with Gasteiger partial charge in [-0.05, 0) is 37.7 Å². The lowest BCUT2D eigenvalue weighted by Gasteiger charge is -2.23. The molecule has 24 heavy (non-hydrogen) atoms. The fourth-order valence-electron chi connectivity index (χ4n) is 2.31. The number of methoxy groups -OCH3 is 1. The van der Waals surface area contributed by atoms with E-state index in [1.54, 1.807) is 18.4 Å². The Morgan fingerprint density at radius 1 is 1.21 bits per heavy atom. The Morgan fingerprint density at radius 2 is 1.96 bits per heavy atom. The molecule has 5 nitrogen and oxygen atoms in total. The molecule has 0 bridgehead atoms. The molecule has 1 atom stereocenters. The summed E-state index contributed by atoms with van der Waals surface area (Å²) in [5.41, 5.74) is 0. The molecule has 1 heterocycles. The van der Waals surface area contributed by atoms with Crippen molar-refractivity contribution in [2.24, 2.45) is 0 Å². The van der Waals surface area contributed by atoms with Crippen molar-refractivity contribution >= 4 is 17.2 Å². The zero-order chi connectivity index (χ0) is 17.4. The molecule has 2 aromatic rings. The lowest BCUT2D eigenvalue weighted by molar-refractivity contribution is -0.121. The lowest BCUT2D eigenvalue weighted by Crippen LogP contribution is -2.34. The molecule has 0 saturated carbocycles. The molecule has 0 aliphatic rings. The van der Waals surface area contributed by atoms with Crippen molar-refractivity contribution in [3.63, 3.8) is 0 Å². The van der Waals surface area contributed by atoms with Crippen LogP contribution in [0.15, 0.2) is 41.8 Å². The van der Waals surface area contributed by atoms with Gasteiger partial charge in [0, 0.05) is 11.4 Å². The molecule has 0 aliphatic carbocycles. The minimum Gasteiger partial charge on any atom is -0.493 e. The summed E-state index contributed by atoms with van der Waals surface area (Å²) >= 11 is 1.70. The summed E-state index contributed by atoms with van der Waals surface area (Å²) in [4.78, 5) is 15.4. The van der Waals surface area contributed by atoms with Gasteiger partial charge in [0.1, 0.15) is 0 Å².